The Morgan fingerprint density at radius 2 is 1.50 bits per heavy atom. The molecule has 0 aliphatic heterocycles. The second kappa shape index (κ2) is 12.4. The number of hydrogen-bond acceptors (Lipinski definition) is 10. The van der Waals surface area contributed by atoms with Crippen molar-refractivity contribution in [1.29, 1.82) is 0 Å². The number of hydrogen-bond donors (Lipinski definition) is 8. The molecule has 8 N–H and O–H groups in total. The summed E-state index contributed by atoms with van der Waals surface area (Å²) in [5.74, 6) is -4.85. The van der Waals surface area contributed by atoms with Crippen LogP contribution in [0.1, 0.15) is 23.1 Å². The third-order valence-corrected chi connectivity index (χ3v) is 6.63. The molecular weight excluding hydrogens is 548 g/mol. The fraction of sp³-hybridized carbons (Fsp3) is 0.161. The maximum atomic E-state index is 12.6. The van der Waals surface area contributed by atoms with Gasteiger partial charge in [-0.15, -0.1) is 0 Å². The smallest absolute Gasteiger partial charge is 0.345 e. The number of esters is 1. The van der Waals surface area contributed by atoms with Gasteiger partial charge in [0.15, 0.2) is 34.5 Å². The summed E-state index contributed by atoms with van der Waals surface area (Å²) in [7, 11) is 0. The quantitative estimate of drug-likeness (QED) is 0.0771. The molecule has 4 aromatic carbocycles. The zero-order chi connectivity index (χ0) is 30.6. The summed E-state index contributed by atoms with van der Waals surface area (Å²) in [6, 6.07) is 12.5. The number of phenolic OH excluding ortho intramolecular Hbond substituents is 6. The Morgan fingerprint density at radius 1 is 0.786 bits per heavy atom. The van der Waals surface area contributed by atoms with E-state index in [1.807, 2.05) is 0 Å². The fourth-order valence-corrected chi connectivity index (χ4v) is 4.52. The van der Waals surface area contributed by atoms with Crippen LogP contribution in [0.4, 0.5) is 0 Å². The number of aryl methyl sites for hydroxylation is 1. The number of fused-ring (bicyclic) bond motifs is 1. The molecular formula is C31H28O11. The third-order valence-electron chi connectivity index (χ3n) is 6.63. The van der Waals surface area contributed by atoms with Crippen LogP contribution in [0, 0.1) is 0 Å². The molecule has 0 bridgehead atoms. The molecule has 0 amide bonds. The average molecular weight is 577 g/mol. The van der Waals surface area contributed by atoms with Gasteiger partial charge in [0.25, 0.3) is 0 Å². The van der Waals surface area contributed by atoms with E-state index in [0.29, 0.717) is 40.5 Å². The second-order valence-corrected chi connectivity index (χ2v) is 9.54. The molecule has 0 saturated carbocycles. The van der Waals surface area contributed by atoms with Crippen LogP contribution in [0.3, 0.4) is 0 Å². The maximum absolute atomic E-state index is 12.6. The summed E-state index contributed by atoms with van der Waals surface area (Å²) in [5.41, 5.74) is 2.33. The van der Waals surface area contributed by atoms with Crippen molar-refractivity contribution in [1.82, 2.24) is 0 Å². The van der Waals surface area contributed by atoms with Crippen molar-refractivity contribution in [3.8, 4) is 45.6 Å². The standard InChI is InChI=1S/C31H28O11/c32-9-1-2-17-13-25(35)26(36)15-21(17)18-4-6-20-22(12-18)19(14-27(37)30(20)39)5-8-29(38)42-28(31(40)41)11-16-3-7-23(33)24(34)10-16/h3-8,10,12-15,28,32-37,39H,1-2,9,11H2,(H,40,41). The number of aromatic hydroxyl groups is 6. The molecule has 0 radical (unpaired) electrons. The van der Waals surface area contributed by atoms with Crippen LogP contribution in [0.2, 0.25) is 0 Å². The van der Waals surface area contributed by atoms with Gasteiger partial charge in [0.2, 0.25) is 6.10 Å². The highest BCUT2D eigenvalue weighted by molar-refractivity contribution is 6.01. The summed E-state index contributed by atoms with van der Waals surface area (Å²) >= 11 is 0. The number of phenols is 6. The molecule has 0 saturated heterocycles. The number of aliphatic hydroxyl groups is 1. The number of rotatable bonds is 10. The summed E-state index contributed by atoms with van der Waals surface area (Å²) in [5, 5.41) is 79.4. The van der Waals surface area contributed by atoms with Gasteiger partial charge in [-0.2, -0.15) is 0 Å². The number of carbonyl (C=O) groups is 2. The van der Waals surface area contributed by atoms with E-state index < -0.39 is 35.3 Å². The van der Waals surface area contributed by atoms with Gasteiger partial charge in [-0.05, 0) is 94.6 Å². The van der Waals surface area contributed by atoms with Crippen LogP contribution in [0.15, 0.2) is 60.7 Å². The van der Waals surface area contributed by atoms with Crippen LogP contribution in [0.5, 0.6) is 34.5 Å². The lowest BCUT2D eigenvalue weighted by atomic mass is 9.92. The predicted molar refractivity (Wildman–Crippen MR) is 151 cm³/mol. The fourth-order valence-electron chi connectivity index (χ4n) is 4.52. The van der Waals surface area contributed by atoms with Gasteiger partial charge in [0, 0.05) is 24.5 Å². The van der Waals surface area contributed by atoms with Gasteiger partial charge in [-0.25, -0.2) is 9.59 Å². The van der Waals surface area contributed by atoms with E-state index in [1.165, 1.54) is 42.5 Å². The Labute approximate surface area is 239 Å². The normalized spacial score (nSPS) is 12.0. The summed E-state index contributed by atoms with van der Waals surface area (Å²) < 4.78 is 5.09. The lowest BCUT2D eigenvalue weighted by Gasteiger charge is -2.14. The maximum Gasteiger partial charge on any atom is 0.345 e. The van der Waals surface area contributed by atoms with Crippen LogP contribution in [0.25, 0.3) is 28.0 Å². The number of carbonyl (C=O) groups excluding carboxylic acids is 1. The molecule has 4 rings (SSSR count). The molecule has 0 aromatic heterocycles. The zero-order valence-electron chi connectivity index (χ0n) is 22.1. The number of carboxylic acids is 1. The number of aliphatic carboxylic acids is 1. The molecule has 11 heteroatoms. The lowest BCUT2D eigenvalue weighted by molar-refractivity contribution is -0.160. The summed E-state index contributed by atoms with van der Waals surface area (Å²) in [6.07, 6.45) is 1.14. The summed E-state index contributed by atoms with van der Waals surface area (Å²) in [4.78, 5) is 24.3. The number of aliphatic hydroxyl groups excluding tert-OH is 1. The van der Waals surface area contributed by atoms with Gasteiger partial charge < -0.3 is 45.6 Å². The predicted octanol–water partition coefficient (Wildman–Crippen LogP) is 3.92. The minimum absolute atomic E-state index is 0.0862. The van der Waals surface area contributed by atoms with Crippen molar-refractivity contribution in [2.24, 2.45) is 0 Å². The molecule has 0 spiro atoms. The van der Waals surface area contributed by atoms with Gasteiger partial charge in [-0.1, -0.05) is 12.1 Å². The molecule has 42 heavy (non-hydrogen) atoms. The first-order chi connectivity index (χ1) is 20.0. The second-order valence-electron chi connectivity index (χ2n) is 9.54. The van der Waals surface area contributed by atoms with Crippen LogP contribution < -0.4 is 0 Å². The van der Waals surface area contributed by atoms with Crippen LogP contribution >= 0.6 is 0 Å². The van der Waals surface area contributed by atoms with Crippen molar-refractivity contribution in [2.45, 2.75) is 25.4 Å². The first-order valence-corrected chi connectivity index (χ1v) is 12.8. The van der Waals surface area contributed by atoms with Gasteiger partial charge >= 0.3 is 11.9 Å². The summed E-state index contributed by atoms with van der Waals surface area (Å²) in [6.45, 7) is -0.0862. The highest BCUT2D eigenvalue weighted by Crippen LogP contribution is 2.41. The van der Waals surface area contributed by atoms with E-state index >= 15 is 0 Å². The van der Waals surface area contributed by atoms with Crippen LogP contribution in [-0.4, -0.2) is 65.5 Å². The largest absolute Gasteiger partial charge is 0.504 e. The highest BCUT2D eigenvalue weighted by atomic mass is 16.6. The Hall–Kier alpha value is -5.42. The monoisotopic (exact) mass is 576 g/mol. The van der Waals surface area contributed by atoms with Crippen molar-refractivity contribution in [3.63, 3.8) is 0 Å². The first-order valence-electron chi connectivity index (χ1n) is 12.8. The molecule has 0 fully saturated rings. The lowest BCUT2D eigenvalue weighted by Crippen LogP contribution is -2.28. The van der Waals surface area contributed by atoms with E-state index in [-0.39, 0.29) is 41.2 Å². The highest BCUT2D eigenvalue weighted by Gasteiger charge is 2.23. The Kier molecular flexibility index (Phi) is 8.73. The van der Waals surface area contributed by atoms with Gasteiger partial charge in [0.05, 0.1) is 0 Å². The molecule has 1 atom stereocenters. The van der Waals surface area contributed by atoms with E-state index in [1.54, 1.807) is 12.1 Å². The minimum Gasteiger partial charge on any atom is -0.504 e. The van der Waals surface area contributed by atoms with Gasteiger partial charge in [-0.3, -0.25) is 0 Å². The van der Waals surface area contributed by atoms with Crippen molar-refractivity contribution >= 4 is 28.8 Å². The zero-order valence-corrected chi connectivity index (χ0v) is 22.1. The molecule has 0 aliphatic carbocycles. The molecule has 0 aliphatic rings. The van der Waals surface area contributed by atoms with E-state index in [9.17, 15) is 50.4 Å². The van der Waals surface area contributed by atoms with Crippen molar-refractivity contribution in [3.05, 3.63) is 77.4 Å². The Bertz CT molecular complexity index is 1690. The first kappa shape index (κ1) is 29.6. The van der Waals surface area contributed by atoms with E-state index in [4.69, 9.17) is 4.74 Å². The SMILES string of the molecule is O=C(C=Cc1cc(O)c(O)c2ccc(-c3cc(O)c(O)cc3CCCO)cc12)OC(Cc1ccc(O)c(O)c1)C(=O)O. The van der Waals surface area contributed by atoms with Crippen molar-refractivity contribution < 1.29 is 55.2 Å². The van der Waals surface area contributed by atoms with E-state index in [2.05, 4.69) is 0 Å². The Balaban J connectivity index is 1.67. The molecule has 218 valence electrons. The van der Waals surface area contributed by atoms with E-state index in [0.717, 1.165) is 12.1 Å². The molecule has 0 heterocycles. The Morgan fingerprint density at radius 3 is 2.19 bits per heavy atom. The number of carboxylic acid groups (broad SMARTS) is 1. The average Bonchev–Trinajstić information content (AvgIpc) is 2.95. The molecule has 11 nitrogen and oxygen atoms in total. The molecule has 4 aromatic rings. The molecule has 1 unspecified atom stereocenters. The number of ether oxygens (including phenoxy) is 1. The third kappa shape index (κ3) is 6.48. The van der Waals surface area contributed by atoms with Crippen LogP contribution in [-0.2, 0) is 27.2 Å². The van der Waals surface area contributed by atoms with Crippen molar-refractivity contribution in [2.75, 3.05) is 6.61 Å². The number of benzene rings is 4. The van der Waals surface area contributed by atoms with Gasteiger partial charge in [0.1, 0.15) is 0 Å². The topological polar surface area (TPSA) is 205 Å². The minimum atomic E-state index is -1.61.